The molecule has 0 fully saturated rings. The van der Waals surface area contributed by atoms with Crippen LogP contribution in [0.2, 0.25) is 0 Å². The highest BCUT2D eigenvalue weighted by molar-refractivity contribution is 7.59. The van der Waals surface area contributed by atoms with Crippen LogP contribution in [0, 0.1) is 10.1 Å². The lowest BCUT2D eigenvalue weighted by Gasteiger charge is -1.63. The van der Waals surface area contributed by atoms with Gasteiger partial charge in [-0.25, -0.2) is 0 Å². The highest BCUT2D eigenvalue weighted by Gasteiger charge is 1.57. The van der Waals surface area contributed by atoms with Crippen molar-refractivity contribution in [2.24, 2.45) is 0 Å². The zero-order chi connectivity index (χ0) is 3.58. The molecule has 0 aromatic carbocycles. The summed E-state index contributed by atoms with van der Waals surface area (Å²) in [6.45, 7) is 0. The van der Waals surface area contributed by atoms with Crippen molar-refractivity contribution in [3.05, 3.63) is 10.1 Å². The summed E-state index contributed by atoms with van der Waals surface area (Å²) in [6.07, 6.45) is 0. The zero-order valence-electron chi connectivity index (χ0n) is 2.76. The molecule has 0 aromatic rings. The lowest BCUT2D eigenvalue weighted by atomic mass is 11.5. The Hall–Kier alpha value is 0.516. The maximum absolute atomic E-state index is 8.81. The summed E-state index contributed by atoms with van der Waals surface area (Å²) in [4.78, 5) is 8.31. The van der Waals surface area contributed by atoms with E-state index in [0.717, 1.165) is 7.05 Å². The maximum atomic E-state index is 8.81. The molecule has 0 aliphatic carbocycles. The van der Waals surface area contributed by atoms with Gasteiger partial charge >= 0.3 is 23.1 Å². The van der Waals surface area contributed by atoms with Crippen molar-refractivity contribution in [2.75, 3.05) is 7.05 Å². The molecule has 6 heavy (non-hydrogen) atoms. The van der Waals surface area contributed by atoms with Gasteiger partial charge in [-0.2, -0.15) is 13.5 Å². The Labute approximate surface area is 58.9 Å². The summed E-state index contributed by atoms with van der Waals surface area (Å²) in [5.74, 6) is 0. The van der Waals surface area contributed by atoms with Gasteiger partial charge in [-0.1, -0.05) is 0 Å². The first-order chi connectivity index (χ1) is 1.73. The first-order valence-corrected chi connectivity index (χ1v) is 0.812. The van der Waals surface area contributed by atoms with Gasteiger partial charge in [0.2, 0.25) is 0 Å². The summed E-state index contributed by atoms with van der Waals surface area (Å²) < 4.78 is 0. The molecule has 3 nitrogen and oxygen atoms in total. The molecular weight excluding hydrogens is 114 g/mol. The van der Waals surface area contributed by atoms with Crippen molar-refractivity contribution >= 4 is 36.5 Å². The van der Waals surface area contributed by atoms with E-state index >= 15 is 0 Å². The molecule has 0 N–H and O–H groups in total. The molecule has 0 saturated heterocycles. The van der Waals surface area contributed by atoms with E-state index in [2.05, 4.69) is 0 Å². The summed E-state index contributed by atoms with van der Waals surface area (Å²) in [7, 11) is 0.889. The van der Waals surface area contributed by atoms with Crippen LogP contribution in [-0.4, -0.2) is 35.0 Å². The second kappa shape index (κ2) is 9.10. The number of nitrogens with zero attached hydrogens (tertiary/aromatic N) is 1. The fourth-order valence-corrected chi connectivity index (χ4v) is 0. The smallest absolute Gasteiger partial charge is 0.265 e. The number of rotatable bonds is 0. The van der Waals surface area contributed by atoms with Gasteiger partial charge in [-0.05, 0) is 0 Å². The number of hydrogen-bond acceptors (Lipinski definition) is 2. The summed E-state index contributed by atoms with van der Waals surface area (Å²) in [6, 6.07) is 0. The maximum Gasteiger partial charge on any atom is 0.316 e. The van der Waals surface area contributed by atoms with E-state index in [1.54, 1.807) is 0 Å². The Morgan fingerprint density at radius 1 is 1.67 bits per heavy atom. The van der Waals surface area contributed by atoms with Crippen LogP contribution in [0.25, 0.3) is 0 Å². The van der Waals surface area contributed by atoms with Gasteiger partial charge in [0, 0.05) is 4.92 Å². The molecule has 0 heterocycles. The van der Waals surface area contributed by atoms with Crippen LogP contribution in [0.4, 0.5) is 0 Å². The first-order valence-electron chi connectivity index (χ1n) is 0.812. The van der Waals surface area contributed by atoms with Crippen molar-refractivity contribution in [2.45, 2.75) is 0 Å². The fourth-order valence-electron chi connectivity index (χ4n) is 0. The van der Waals surface area contributed by atoms with Gasteiger partial charge < -0.3 is 0 Å². The minimum atomic E-state index is -0.500. The standard InChI is InChI=1S/CH3NO2.Mg.H2S.2H/c1-2(3)4;;;;/h1H3;;1H2;;. The molecule has 0 saturated carbocycles. The van der Waals surface area contributed by atoms with Crippen LogP contribution >= 0.6 is 13.5 Å². The highest BCUT2D eigenvalue weighted by atomic mass is 32.1. The van der Waals surface area contributed by atoms with Crippen molar-refractivity contribution in [1.82, 2.24) is 0 Å². The average molecular weight is 121 g/mol. The van der Waals surface area contributed by atoms with Gasteiger partial charge in [-0.15, -0.1) is 0 Å². The van der Waals surface area contributed by atoms with Crippen LogP contribution in [0.5, 0.6) is 0 Å². The second-order valence-corrected chi connectivity index (χ2v) is 0.440. The summed E-state index contributed by atoms with van der Waals surface area (Å²) >= 11 is 0. The highest BCUT2D eigenvalue weighted by Crippen LogP contribution is 1.39. The topological polar surface area (TPSA) is 43.1 Å². The predicted molar refractivity (Wildman–Crippen MR) is 31.8 cm³/mol. The Kier molecular flexibility index (Phi) is 24.3. The molecule has 0 unspecified atom stereocenters. The van der Waals surface area contributed by atoms with E-state index in [4.69, 9.17) is 10.1 Å². The molecule has 0 aromatic heterocycles. The van der Waals surface area contributed by atoms with Crippen LogP contribution in [0.3, 0.4) is 0 Å². The number of hydrogen-bond donors (Lipinski definition) is 0. The van der Waals surface area contributed by atoms with Crippen molar-refractivity contribution in [3.8, 4) is 0 Å². The van der Waals surface area contributed by atoms with Gasteiger partial charge in [-0.3, -0.25) is 10.1 Å². The van der Waals surface area contributed by atoms with Crippen molar-refractivity contribution in [3.63, 3.8) is 0 Å². The van der Waals surface area contributed by atoms with Gasteiger partial charge in [0.1, 0.15) is 0 Å². The quantitative estimate of drug-likeness (QED) is 0.237. The predicted octanol–water partition coefficient (Wildman–Crippen LogP) is -0.911. The van der Waals surface area contributed by atoms with E-state index in [-0.39, 0.29) is 36.5 Å². The summed E-state index contributed by atoms with van der Waals surface area (Å²) in [5.41, 5.74) is 0. The Morgan fingerprint density at radius 2 is 1.67 bits per heavy atom. The third kappa shape index (κ3) is 210. The fraction of sp³-hybridized carbons (Fsp3) is 1.00. The van der Waals surface area contributed by atoms with E-state index in [9.17, 15) is 0 Å². The Bertz CT molecular complexity index is 36.5. The lowest BCUT2D eigenvalue weighted by molar-refractivity contribution is -0.445. The molecule has 0 rings (SSSR count). The zero-order valence-corrected chi connectivity index (χ0v) is 3.76. The minimum absolute atomic E-state index is 0. The van der Waals surface area contributed by atoms with E-state index in [1.165, 1.54) is 0 Å². The van der Waals surface area contributed by atoms with Crippen LogP contribution in [0.15, 0.2) is 0 Å². The first kappa shape index (κ1) is 16.0. The molecule has 0 bridgehead atoms. The van der Waals surface area contributed by atoms with Crippen LogP contribution in [-0.2, 0) is 0 Å². The normalized spacial score (nSPS) is 4.17. The molecule has 0 aliphatic heterocycles. The monoisotopic (exact) mass is 121 g/mol. The molecular formula is CH7MgNO2S. The number of nitro groups is 1. The molecule has 0 aliphatic rings. The molecule has 0 spiro atoms. The van der Waals surface area contributed by atoms with Crippen molar-refractivity contribution in [1.29, 1.82) is 0 Å². The Morgan fingerprint density at radius 3 is 1.67 bits per heavy atom. The average Bonchev–Trinajstić information content (AvgIpc) is 0.811. The molecule has 5 heteroatoms. The molecule has 0 radical (unpaired) electrons. The minimum Gasteiger partial charge on any atom is -0.265 e. The SMILES string of the molecule is C[N+](=O)[O-].S.[MgH2]. The van der Waals surface area contributed by atoms with Gasteiger partial charge in [0.15, 0.2) is 7.05 Å². The largest absolute Gasteiger partial charge is 0.316 e. The third-order valence-corrected chi connectivity index (χ3v) is 0. The lowest BCUT2D eigenvalue weighted by Crippen LogP contribution is -1.79. The van der Waals surface area contributed by atoms with E-state index in [1.807, 2.05) is 0 Å². The molecule has 36 valence electrons. The molecule has 0 amide bonds. The summed E-state index contributed by atoms with van der Waals surface area (Å²) in [5, 5.41) is 8.81. The van der Waals surface area contributed by atoms with Crippen molar-refractivity contribution < 1.29 is 4.92 Å². The van der Waals surface area contributed by atoms with Crippen LogP contribution in [0.1, 0.15) is 0 Å². The van der Waals surface area contributed by atoms with Crippen LogP contribution < -0.4 is 0 Å². The van der Waals surface area contributed by atoms with Gasteiger partial charge in [0.05, 0.1) is 0 Å². The third-order valence-electron chi connectivity index (χ3n) is 0. The molecule has 0 atom stereocenters. The second-order valence-electron chi connectivity index (χ2n) is 0.440. The van der Waals surface area contributed by atoms with Gasteiger partial charge in [0.25, 0.3) is 0 Å². The van der Waals surface area contributed by atoms with E-state index < -0.39 is 4.92 Å². The Balaban J connectivity index is -0.0000000450. The van der Waals surface area contributed by atoms with E-state index in [0.29, 0.717) is 0 Å².